The van der Waals surface area contributed by atoms with Gasteiger partial charge in [0, 0.05) is 22.6 Å². The summed E-state index contributed by atoms with van der Waals surface area (Å²) >= 11 is 3.44. The molecule has 2 rings (SSSR count). The number of nitrogens with one attached hydrogen (secondary N) is 1. The van der Waals surface area contributed by atoms with Gasteiger partial charge in [-0.1, -0.05) is 35.0 Å². The van der Waals surface area contributed by atoms with E-state index in [2.05, 4.69) is 21.2 Å². The van der Waals surface area contributed by atoms with Gasteiger partial charge < -0.3 is 11.1 Å². The Morgan fingerprint density at radius 3 is 2.67 bits per heavy atom. The summed E-state index contributed by atoms with van der Waals surface area (Å²) in [6.45, 7) is 2.17. The first kappa shape index (κ1) is 13.1. The third kappa shape index (κ3) is 2.89. The Bertz CT molecular complexity index is 583. The normalized spacial score (nSPS) is 12.4. The average Bonchev–Trinajstić information content (AvgIpc) is 2.38. The highest BCUT2D eigenvalue weighted by Crippen LogP contribution is 2.23. The number of amides is 1. The third-order valence-corrected chi connectivity index (χ3v) is 3.36. The van der Waals surface area contributed by atoms with Crippen molar-refractivity contribution in [2.45, 2.75) is 6.92 Å². The Morgan fingerprint density at radius 1 is 1.28 bits per heavy atom. The minimum atomic E-state index is -0.175. The van der Waals surface area contributed by atoms with Crippen LogP contribution >= 0.6 is 15.9 Å². The van der Waals surface area contributed by atoms with Crippen molar-refractivity contribution in [3.63, 3.8) is 0 Å². The van der Waals surface area contributed by atoms with Crippen LogP contribution in [0.2, 0.25) is 0 Å². The van der Waals surface area contributed by atoms with Crippen LogP contribution in [0.3, 0.4) is 0 Å². The van der Waals surface area contributed by atoms with Crippen LogP contribution in [0.1, 0.15) is 6.92 Å². The monoisotopic (exact) mass is 306 g/mol. The van der Waals surface area contributed by atoms with Crippen LogP contribution in [0.25, 0.3) is 10.8 Å². The van der Waals surface area contributed by atoms with Crippen molar-refractivity contribution in [3.8, 4) is 0 Å². The Balaban J connectivity index is 2.25. The van der Waals surface area contributed by atoms with E-state index in [-0.39, 0.29) is 11.8 Å². The lowest BCUT2D eigenvalue weighted by Gasteiger charge is -2.10. The molecule has 2 aromatic rings. The highest BCUT2D eigenvalue weighted by Gasteiger charge is 2.10. The number of carbonyl (C=O) groups is 1. The third-order valence-electron chi connectivity index (χ3n) is 2.87. The molecule has 0 heterocycles. The molecule has 0 aliphatic carbocycles. The number of fused-ring (bicyclic) bond motifs is 1. The summed E-state index contributed by atoms with van der Waals surface area (Å²) < 4.78 is 1.04. The SMILES string of the molecule is CC(CN)C(=O)Nc1ccc2cc(Br)ccc2c1. The van der Waals surface area contributed by atoms with Crippen LogP contribution in [-0.2, 0) is 4.79 Å². The molecule has 1 unspecified atom stereocenters. The first-order chi connectivity index (χ1) is 8.60. The highest BCUT2D eigenvalue weighted by molar-refractivity contribution is 9.10. The molecule has 0 aliphatic rings. The summed E-state index contributed by atoms with van der Waals surface area (Å²) in [5.74, 6) is -0.223. The number of hydrogen-bond acceptors (Lipinski definition) is 2. The van der Waals surface area contributed by atoms with Gasteiger partial charge in [0.2, 0.25) is 5.91 Å². The Kier molecular flexibility index (Phi) is 3.99. The number of nitrogens with two attached hydrogens (primary N) is 1. The maximum atomic E-state index is 11.7. The average molecular weight is 307 g/mol. The Labute approximate surface area is 114 Å². The lowest BCUT2D eigenvalue weighted by molar-refractivity contribution is -0.119. The molecule has 3 N–H and O–H groups in total. The van der Waals surface area contributed by atoms with E-state index < -0.39 is 0 Å². The van der Waals surface area contributed by atoms with Gasteiger partial charge in [0.1, 0.15) is 0 Å². The number of hydrogen-bond donors (Lipinski definition) is 2. The van der Waals surface area contributed by atoms with E-state index in [1.165, 1.54) is 0 Å². The number of rotatable bonds is 3. The van der Waals surface area contributed by atoms with E-state index in [0.717, 1.165) is 20.9 Å². The molecule has 2 aromatic carbocycles. The molecule has 3 nitrogen and oxygen atoms in total. The molecular formula is C14H15BrN2O. The van der Waals surface area contributed by atoms with E-state index >= 15 is 0 Å². The molecule has 0 aliphatic heterocycles. The maximum Gasteiger partial charge on any atom is 0.228 e. The minimum Gasteiger partial charge on any atom is -0.330 e. The van der Waals surface area contributed by atoms with Gasteiger partial charge >= 0.3 is 0 Å². The molecule has 1 atom stereocenters. The van der Waals surface area contributed by atoms with Crippen molar-refractivity contribution in [3.05, 3.63) is 40.9 Å². The maximum absolute atomic E-state index is 11.7. The molecule has 0 fully saturated rings. The lowest BCUT2D eigenvalue weighted by atomic mass is 10.1. The molecule has 0 saturated carbocycles. The van der Waals surface area contributed by atoms with E-state index in [1.807, 2.05) is 43.3 Å². The van der Waals surface area contributed by atoms with Crippen LogP contribution in [0.15, 0.2) is 40.9 Å². The van der Waals surface area contributed by atoms with Gasteiger partial charge in [-0.05, 0) is 35.0 Å². The van der Waals surface area contributed by atoms with Crippen molar-refractivity contribution in [1.29, 1.82) is 0 Å². The van der Waals surface area contributed by atoms with Gasteiger partial charge in [0.25, 0.3) is 0 Å². The molecule has 1 amide bonds. The second-order valence-corrected chi connectivity index (χ2v) is 5.25. The summed E-state index contributed by atoms with van der Waals surface area (Å²) in [6.07, 6.45) is 0. The molecule has 0 bridgehead atoms. The van der Waals surface area contributed by atoms with Gasteiger partial charge in [0.05, 0.1) is 0 Å². The fourth-order valence-electron chi connectivity index (χ4n) is 1.67. The molecule has 4 heteroatoms. The summed E-state index contributed by atoms with van der Waals surface area (Å²) in [5.41, 5.74) is 6.27. The summed E-state index contributed by atoms with van der Waals surface area (Å²) in [4.78, 5) is 11.7. The van der Waals surface area contributed by atoms with Gasteiger partial charge in [-0.2, -0.15) is 0 Å². The van der Waals surface area contributed by atoms with E-state index in [1.54, 1.807) is 0 Å². The quantitative estimate of drug-likeness (QED) is 0.915. The van der Waals surface area contributed by atoms with Crippen molar-refractivity contribution in [2.24, 2.45) is 11.7 Å². The molecular weight excluding hydrogens is 292 g/mol. The van der Waals surface area contributed by atoms with E-state index in [4.69, 9.17) is 5.73 Å². The second kappa shape index (κ2) is 5.50. The van der Waals surface area contributed by atoms with Crippen LogP contribution < -0.4 is 11.1 Å². The largest absolute Gasteiger partial charge is 0.330 e. The predicted molar refractivity (Wildman–Crippen MR) is 78.5 cm³/mol. The second-order valence-electron chi connectivity index (χ2n) is 4.33. The van der Waals surface area contributed by atoms with Crippen LogP contribution in [0.4, 0.5) is 5.69 Å². The zero-order valence-electron chi connectivity index (χ0n) is 10.1. The number of benzene rings is 2. The fraction of sp³-hybridized carbons (Fsp3) is 0.214. The van der Waals surface area contributed by atoms with Crippen LogP contribution in [0.5, 0.6) is 0 Å². The van der Waals surface area contributed by atoms with Crippen molar-refractivity contribution < 1.29 is 4.79 Å². The zero-order valence-corrected chi connectivity index (χ0v) is 11.7. The first-order valence-electron chi connectivity index (χ1n) is 5.80. The Morgan fingerprint density at radius 2 is 1.94 bits per heavy atom. The molecule has 94 valence electrons. The highest BCUT2D eigenvalue weighted by atomic mass is 79.9. The number of carbonyl (C=O) groups excluding carboxylic acids is 1. The topological polar surface area (TPSA) is 55.1 Å². The van der Waals surface area contributed by atoms with Crippen LogP contribution in [-0.4, -0.2) is 12.5 Å². The Hall–Kier alpha value is -1.39. The van der Waals surface area contributed by atoms with Crippen molar-refractivity contribution in [1.82, 2.24) is 0 Å². The lowest BCUT2D eigenvalue weighted by Crippen LogP contribution is -2.26. The fourth-order valence-corrected chi connectivity index (χ4v) is 2.05. The van der Waals surface area contributed by atoms with Gasteiger partial charge in [-0.25, -0.2) is 0 Å². The number of anilines is 1. The summed E-state index contributed by atoms with van der Waals surface area (Å²) in [5, 5.41) is 5.10. The standard InChI is InChI=1S/C14H15BrN2O/c1-9(8-16)14(18)17-13-5-3-10-6-12(15)4-2-11(10)7-13/h2-7,9H,8,16H2,1H3,(H,17,18). The summed E-state index contributed by atoms with van der Waals surface area (Å²) in [7, 11) is 0. The predicted octanol–water partition coefficient (Wildman–Crippen LogP) is 3.14. The zero-order chi connectivity index (χ0) is 13.1. The smallest absolute Gasteiger partial charge is 0.228 e. The van der Waals surface area contributed by atoms with Gasteiger partial charge in [0.15, 0.2) is 0 Å². The van der Waals surface area contributed by atoms with Crippen molar-refractivity contribution >= 4 is 38.3 Å². The minimum absolute atomic E-state index is 0.0473. The van der Waals surface area contributed by atoms with E-state index in [0.29, 0.717) is 6.54 Å². The molecule has 18 heavy (non-hydrogen) atoms. The first-order valence-corrected chi connectivity index (χ1v) is 6.59. The van der Waals surface area contributed by atoms with Gasteiger partial charge in [-0.15, -0.1) is 0 Å². The number of halogens is 1. The summed E-state index contributed by atoms with van der Waals surface area (Å²) in [6, 6.07) is 11.9. The van der Waals surface area contributed by atoms with Gasteiger partial charge in [-0.3, -0.25) is 4.79 Å². The van der Waals surface area contributed by atoms with Crippen molar-refractivity contribution in [2.75, 3.05) is 11.9 Å². The van der Waals surface area contributed by atoms with E-state index in [9.17, 15) is 4.79 Å². The molecule has 0 saturated heterocycles. The van der Waals surface area contributed by atoms with Crippen LogP contribution in [0, 0.1) is 5.92 Å². The molecule has 0 radical (unpaired) electrons. The molecule has 0 spiro atoms. The molecule has 0 aromatic heterocycles.